The Labute approximate surface area is 86.8 Å². The van der Waals surface area contributed by atoms with Crippen molar-refractivity contribution < 1.29 is 19.1 Å². The number of methoxy groups -OCH3 is 1. The lowest BCUT2D eigenvalue weighted by Crippen LogP contribution is -2.11. The lowest BCUT2D eigenvalue weighted by molar-refractivity contribution is 0.0669. The van der Waals surface area contributed by atoms with Crippen LogP contribution in [0.25, 0.3) is 0 Å². The molecular weight excluding hydrogens is 198 g/mol. The highest BCUT2D eigenvalue weighted by atomic mass is 16.7. The Hall–Kier alpha value is -2.04. The molecule has 0 bridgehead atoms. The maximum absolute atomic E-state index is 10.8. The number of carbonyl (C=O) groups is 2. The molecule has 0 spiro atoms. The van der Waals surface area contributed by atoms with E-state index < -0.39 is 12.1 Å². The first-order valence-electron chi connectivity index (χ1n) is 4.23. The zero-order chi connectivity index (χ0) is 11.3. The average molecular weight is 209 g/mol. The lowest BCUT2D eigenvalue weighted by Gasteiger charge is -2.03. The SMILES string of the molecule is COC(=O)OCc1cccc(C(N)=O)c1. The highest BCUT2D eigenvalue weighted by Crippen LogP contribution is 2.06. The van der Waals surface area contributed by atoms with Gasteiger partial charge in [0.2, 0.25) is 5.91 Å². The molecule has 0 atom stereocenters. The van der Waals surface area contributed by atoms with Crippen LogP contribution in [-0.2, 0) is 16.1 Å². The average Bonchev–Trinajstić information content (AvgIpc) is 2.26. The van der Waals surface area contributed by atoms with Crippen LogP contribution in [0.3, 0.4) is 0 Å². The molecule has 1 rings (SSSR count). The molecular formula is C10H11NO4. The highest BCUT2D eigenvalue weighted by Gasteiger charge is 2.04. The zero-order valence-corrected chi connectivity index (χ0v) is 8.23. The summed E-state index contributed by atoms with van der Waals surface area (Å²) in [5.41, 5.74) is 6.15. The summed E-state index contributed by atoms with van der Waals surface area (Å²) in [5.74, 6) is -0.519. The number of hydrogen-bond acceptors (Lipinski definition) is 4. The van der Waals surface area contributed by atoms with Crippen LogP contribution < -0.4 is 5.73 Å². The smallest absolute Gasteiger partial charge is 0.438 e. The lowest BCUT2D eigenvalue weighted by atomic mass is 10.1. The molecule has 0 saturated heterocycles. The molecule has 80 valence electrons. The van der Waals surface area contributed by atoms with Crippen molar-refractivity contribution >= 4 is 12.1 Å². The van der Waals surface area contributed by atoms with Crippen molar-refractivity contribution in [2.24, 2.45) is 5.73 Å². The fourth-order valence-electron chi connectivity index (χ4n) is 1.02. The maximum atomic E-state index is 10.8. The Bertz CT molecular complexity index is 375. The Kier molecular flexibility index (Phi) is 3.68. The Morgan fingerprint density at radius 1 is 1.40 bits per heavy atom. The van der Waals surface area contributed by atoms with E-state index in [-0.39, 0.29) is 6.61 Å². The molecule has 0 unspecified atom stereocenters. The second-order valence-corrected chi connectivity index (χ2v) is 2.81. The van der Waals surface area contributed by atoms with Crippen LogP contribution in [0.5, 0.6) is 0 Å². The summed E-state index contributed by atoms with van der Waals surface area (Å²) < 4.78 is 9.00. The molecule has 0 saturated carbocycles. The van der Waals surface area contributed by atoms with Crippen molar-refractivity contribution in [3.8, 4) is 0 Å². The van der Waals surface area contributed by atoms with Crippen molar-refractivity contribution in [2.75, 3.05) is 7.11 Å². The van der Waals surface area contributed by atoms with Gasteiger partial charge in [0.25, 0.3) is 0 Å². The topological polar surface area (TPSA) is 78.6 Å². The van der Waals surface area contributed by atoms with E-state index in [4.69, 9.17) is 10.5 Å². The molecule has 1 amide bonds. The maximum Gasteiger partial charge on any atom is 0.508 e. The highest BCUT2D eigenvalue weighted by molar-refractivity contribution is 5.92. The van der Waals surface area contributed by atoms with Crippen LogP contribution in [-0.4, -0.2) is 19.2 Å². The summed E-state index contributed by atoms with van der Waals surface area (Å²) in [5, 5.41) is 0. The molecule has 0 aliphatic carbocycles. The minimum atomic E-state index is -0.764. The van der Waals surface area contributed by atoms with Gasteiger partial charge in [0.05, 0.1) is 7.11 Å². The van der Waals surface area contributed by atoms with Crippen LogP contribution in [0.1, 0.15) is 15.9 Å². The summed E-state index contributed by atoms with van der Waals surface area (Å²) in [6.45, 7) is 0.0494. The molecule has 5 nitrogen and oxygen atoms in total. The Morgan fingerprint density at radius 3 is 2.73 bits per heavy atom. The van der Waals surface area contributed by atoms with Gasteiger partial charge in [-0.2, -0.15) is 0 Å². The van der Waals surface area contributed by atoms with Crippen molar-refractivity contribution in [3.05, 3.63) is 35.4 Å². The third-order valence-corrected chi connectivity index (χ3v) is 1.73. The third-order valence-electron chi connectivity index (χ3n) is 1.73. The van der Waals surface area contributed by atoms with E-state index in [1.807, 2.05) is 0 Å². The molecule has 2 N–H and O–H groups in total. The summed E-state index contributed by atoms with van der Waals surface area (Å²) in [7, 11) is 1.22. The van der Waals surface area contributed by atoms with Crippen LogP contribution in [0.15, 0.2) is 24.3 Å². The standard InChI is InChI=1S/C10H11NO4/c1-14-10(13)15-6-7-3-2-4-8(5-7)9(11)12/h2-5H,6H2,1H3,(H2,11,12). The van der Waals surface area contributed by atoms with Gasteiger partial charge in [-0.3, -0.25) is 4.79 Å². The predicted octanol–water partition coefficient (Wildman–Crippen LogP) is 1.07. The predicted molar refractivity (Wildman–Crippen MR) is 52.2 cm³/mol. The van der Waals surface area contributed by atoms with Crippen molar-refractivity contribution in [2.45, 2.75) is 6.61 Å². The number of hydrogen-bond donors (Lipinski definition) is 1. The van der Waals surface area contributed by atoms with Crippen molar-refractivity contribution in [3.63, 3.8) is 0 Å². The van der Waals surface area contributed by atoms with Gasteiger partial charge in [-0.25, -0.2) is 4.79 Å². The third kappa shape index (κ3) is 3.30. The number of carbonyl (C=O) groups excluding carboxylic acids is 2. The largest absolute Gasteiger partial charge is 0.508 e. The number of amides is 1. The van der Waals surface area contributed by atoms with Gasteiger partial charge in [0.15, 0.2) is 0 Å². The van der Waals surface area contributed by atoms with Gasteiger partial charge >= 0.3 is 6.16 Å². The van der Waals surface area contributed by atoms with E-state index in [2.05, 4.69) is 4.74 Å². The molecule has 0 radical (unpaired) electrons. The molecule has 0 aliphatic rings. The van der Waals surface area contributed by atoms with Gasteiger partial charge in [-0.15, -0.1) is 0 Å². The van der Waals surface area contributed by atoms with Gasteiger partial charge in [0.1, 0.15) is 6.61 Å². The van der Waals surface area contributed by atoms with Crippen LogP contribution in [0.2, 0.25) is 0 Å². The van der Waals surface area contributed by atoms with Crippen LogP contribution >= 0.6 is 0 Å². The molecule has 1 aromatic rings. The first-order chi connectivity index (χ1) is 7.13. The van der Waals surface area contributed by atoms with Crippen molar-refractivity contribution in [1.82, 2.24) is 0 Å². The van der Waals surface area contributed by atoms with Gasteiger partial charge < -0.3 is 15.2 Å². The fraction of sp³-hybridized carbons (Fsp3) is 0.200. The van der Waals surface area contributed by atoms with E-state index in [0.29, 0.717) is 11.1 Å². The molecule has 0 heterocycles. The van der Waals surface area contributed by atoms with Gasteiger partial charge in [-0.05, 0) is 17.7 Å². The Morgan fingerprint density at radius 2 is 2.13 bits per heavy atom. The number of primary amides is 1. The number of ether oxygens (including phenoxy) is 2. The summed E-state index contributed by atoms with van der Waals surface area (Å²) in [6, 6.07) is 6.53. The van der Waals surface area contributed by atoms with E-state index in [1.54, 1.807) is 24.3 Å². The monoisotopic (exact) mass is 209 g/mol. The van der Waals surface area contributed by atoms with Gasteiger partial charge in [0, 0.05) is 5.56 Å². The summed E-state index contributed by atoms with van der Waals surface area (Å²) >= 11 is 0. The fourth-order valence-corrected chi connectivity index (χ4v) is 1.02. The summed E-state index contributed by atoms with van der Waals surface area (Å²) in [4.78, 5) is 21.5. The normalized spacial score (nSPS) is 9.40. The quantitative estimate of drug-likeness (QED) is 0.755. The molecule has 5 heteroatoms. The van der Waals surface area contributed by atoms with Crippen LogP contribution in [0.4, 0.5) is 4.79 Å². The number of rotatable bonds is 3. The second kappa shape index (κ2) is 4.99. The molecule has 0 aliphatic heterocycles. The molecule has 0 fully saturated rings. The number of benzene rings is 1. The molecule has 15 heavy (non-hydrogen) atoms. The van der Waals surface area contributed by atoms with E-state index in [9.17, 15) is 9.59 Å². The summed E-state index contributed by atoms with van der Waals surface area (Å²) in [6.07, 6.45) is -0.764. The minimum absolute atomic E-state index is 0.0494. The minimum Gasteiger partial charge on any atom is -0.438 e. The second-order valence-electron chi connectivity index (χ2n) is 2.81. The first-order valence-corrected chi connectivity index (χ1v) is 4.23. The van der Waals surface area contributed by atoms with E-state index in [1.165, 1.54) is 7.11 Å². The molecule has 1 aromatic carbocycles. The van der Waals surface area contributed by atoms with E-state index >= 15 is 0 Å². The number of nitrogens with two attached hydrogens (primary N) is 1. The van der Waals surface area contributed by atoms with Crippen molar-refractivity contribution in [1.29, 1.82) is 0 Å². The zero-order valence-electron chi connectivity index (χ0n) is 8.23. The Balaban J connectivity index is 2.66. The van der Waals surface area contributed by atoms with Crippen LogP contribution in [0, 0.1) is 0 Å². The van der Waals surface area contributed by atoms with Gasteiger partial charge in [-0.1, -0.05) is 12.1 Å². The molecule has 0 aromatic heterocycles. The van der Waals surface area contributed by atoms with E-state index in [0.717, 1.165) is 0 Å². The first kappa shape index (κ1) is 11.0.